The van der Waals surface area contributed by atoms with Gasteiger partial charge in [-0.3, -0.25) is 19.1 Å². The predicted molar refractivity (Wildman–Crippen MR) is 169 cm³/mol. The van der Waals surface area contributed by atoms with Gasteiger partial charge >= 0.3 is 4.87 Å². The number of aliphatic hydroxyl groups excluding tert-OH is 1. The minimum absolute atomic E-state index is 0.202. The molecule has 220 valence electrons. The van der Waals surface area contributed by atoms with Crippen LogP contribution in [0, 0.1) is 5.92 Å². The van der Waals surface area contributed by atoms with Gasteiger partial charge in [-0.25, -0.2) is 0 Å². The molecule has 3 unspecified atom stereocenters. The second-order valence-corrected chi connectivity index (χ2v) is 12.9. The zero-order chi connectivity index (χ0) is 29.6. The summed E-state index contributed by atoms with van der Waals surface area (Å²) in [6.07, 6.45) is 0.754. The van der Waals surface area contributed by atoms with Crippen LogP contribution in [0.15, 0.2) is 94.5 Å². The molecule has 2 fully saturated rings. The van der Waals surface area contributed by atoms with E-state index in [-0.39, 0.29) is 27.1 Å². The summed E-state index contributed by atoms with van der Waals surface area (Å²) in [7, 11) is 1.63. The second-order valence-electron chi connectivity index (χ2n) is 10.8. The molecular formula is C32H30N4O5S2. The van der Waals surface area contributed by atoms with E-state index < -0.39 is 28.9 Å². The van der Waals surface area contributed by atoms with Crippen LogP contribution in [0.5, 0.6) is 5.75 Å². The molecule has 0 radical (unpaired) electrons. The predicted octanol–water partition coefficient (Wildman–Crippen LogP) is 4.92. The minimum atomic E-state index is -0.973. The molecule has 3 aromatic carbocycles. The van der Waals surface area contributed by atoms with Gasteiger partial charge in [0, 0.05) is 5.75 Å². The first-order valence-corrected chi connectivity index (χ1v) is 16.0. The first-order valence-electron chi connectivity index (χ1n) is 14.1. The van der Waals surface area contributed by atoms with Crippen molar-refractivity contribution in [1.82, 2.24) is 14.5 Å². The van der Waals surface area contributed by atoms with Crippen molar-refractivity contribution in [2.24, 2.45) is 5.92 Å². The monoisotopic (exact) mass is 614 g/mol. The summed E-state index contributed by atoms with van der Waals surface area (Å²) in [6.45, 7) is 0. The lowest BCUT2D eigenvalue weighted by Crippen LogP contribution is -2.39. The van der Waals surface area contributed by atoms with E-state index in [9.17, 15) is 14.7 Å². The van der Waals surface area contributed by atoms with Crippen LogP contribution in [0.25, 0.3) is 10.3 Å². The molecule has 2 aliphatic rings. The molecule has 11 heteroatoms. The van der Waals surface area contributed by atoms with Crippen LogP contribution in [-0.2, 0) is 10.3 Å². The zero-order valence-corrected chi connectivity index (χ0v) is 24.9. The van der Waals surface area contributed by atoms with E-state index in [1.807, 2.05) is 84.9 Å². The van der Waals surface area contributed by atoms with Crippen LogP contribution in [0.2, 0.25) is 0 Å². The Labute approximate surface area is 255 Å². The van der Waals surface area contributed by atoms with Crippen molar-refractivity contribution in [1.29, 1.82) is 0 Å². The van der Waals surface area contributed by atoms with E-state index in [1.165, 1.54) is 16.3 Å². The maximum absolute atomic E-state index is 13.4. The highest BCUT2D eigenvalue weighted by molar-refractivity contribution is 8.00. The number of thiazole rings is 1. The quantitative estimate of drug-likeness (QED) is 0.200. The van der Waals surface area contributed by atoms with Gasteiger partial charge < -0.3 is 19.9 Å². The van der Waals surface area contributed by atoms with Crippen LogP contribution in [0.1, 0.15) is 35.8 Å². The van der Waals surface area contributed by atoms with Crippen LogP contribution in [-0.4, -0.2) is 44.0 Å². The van der Waals surface area contributed by atoms with Crippen molar-refractivity contribution >= 4 is 39.4 Å². The minimum Gasteiger partial charge on any atom is -0.497 e. The van der Waals surface area contributed by atoms with Crippen LogP contribution in [0.3, 0.4) is 0 Å². The number of rotatable bonds is 9. The van der Waals surface area contributed by atoms with Gasteiger partial charge in [0.15, 0.2) is 5.65 Å². The summed E-state index contributed by atoms with van der Waals surface area (Å²) >= 11 is 2.34. The third-order valence-corrected chi connectivity index (χ3v) is 10.2. The number of nitrogens with zero attached hydrogens (tertiary/aromatic N) is 2. The number of anilines is 1. The van der Waals surface area contributed by atoms with Gasteiger partial charge in [0.2, 0.25) is 5.95 Å². The number of H-pyrrole nitrogens is 1. The fourth-order valence-corrected chi connectivity index (χ4v) is 7.80. The van der Waals surface area contributed by atoms with Gasteiger partial charge in [-0.15, -0.1) is 11.8 Å². The molecule has 1 saturated heterocycles. The first kappa shape index (κ1) is 27.9. The zero-order valence-electron chi connectivity index (χ0n) is 23.3. The normalized spacial score (nSPS) is 19.4. The summed E-state index contributed by atoms with van der Waals surface area (Å²) in [5.41, 5.74) is 1.17. The van der Waals surface area contributed by atoms with Crippen molar-refractivity contribution in [2.75, 3.05) is 18.2 Å². The number of ether oxygens (including phenoxy) is 2. The number of aliphatic hydroxyl groups is 1. The number of hydrogen-bond donors (Lipinski definition) is 3. The largest absolute Gasteiger partial charge is 0.497 e. The van der Waals surface area contributed by atoms with Crippen LogP contribution >= 0.6 is 23.1 Å². The van der Waals surface area contributed by atoms with Crippen molar-refractivity contribution in [3.63, 3.8) is 0 Å². The Morgan fingerprint density at radius 3 is 2.23 bits per heavy atom. The summed E-state index contributed by atoms with van der Waals surface area (Å²) in [5, 5.41) is 14.2. The number of aromatic amines is 1. The lowest BCUT2D eigenvalue weighted by Gasteiger charge is -2.37. The van der Waals surface area contributed by atoms with E-state index >= 15 is 0 Å². The van der Waals surface area contributed by atoms with E-state index in [1.54, 1.807) is 7.11 Å². The highest BCUT2D eigenvalue weighted by Crippen LogP contribution is 2.43. The fourth-order valence-electron chi connectivity index (χ4n) is 5.74. The Morgan fingerprint density at radius 2 is 1.63 bits per heavy atom. The standard InChI is InChI=1S/C32H30N4O5S2/c1-40-23-16-14-22(15-17-23)32(20-8-4-2-5-9-20,21-10-6-3-7-11-21)35-30-33-27-26(28(38)34-30)43-31(39)36(27)24-18-42-29(41-24)25(37)19-12-13-19/h2-11,14-17,19,24-25,29,37H,12-13,18H2,1H3,(H2,33,34,35,38). The Morgan fingerprint density at radius 1 is 1.00 bits per heavy atom. The molecule has 0 amide bonds. The molecule has 0 bridgehead atoms. The number of fused-ring (bicyclic) bond motifs is 1. The van der Waals surface area contributed by atoms with Crippen molar-refractivity contribution in [3.05, 3.63) is 122 Å². The summed E-state index contributed by atoms with van der Waals surface area (Å²) in [4.78, 5) is 34.1. The molecule has 2 aromatic heterocycles. The van der Waals surface area contributed by atoms with Gasteiger partial charge in [0.05, 0.1) is 13.2 Å². The molecule has 43 heavy (non-hydrogen) atoms. The molecular weight excluding hydrogens is 585 g/mol. The van der Waals surface area contributed by atoms with E-state index in [0.717, 1.165) is 40.9 Å². The average Bonchev–Trinajstić information content (AvgIpc) is 3.69. The topological polar surface area (TPSA) is 118 Å². The molecule has 0 spiro atoms. The van der Waals surface area contributed by atoms with E-state index in [0.29, 0.717) is 11.5 Å². The second kappa shape index (κ2) is 11.3. The highest BCUT2D eigenvalue weighted by Gasteiger charge is 2.42. The first-order chi connectivity index (χ1) is 21.0. The molecule has 3 N–H and O–H groups in total. The molecule has 1 saturated carbocycles. The van der Waals surface area contributed by atoms with Gasteiger partial charge in [-0.1, -0.05) is 84.1 Å². The molecule has 3 heterocycles. The van der Waals surface area contributed by atoms with Gasteiger partial charge in [-0.05, 0) is 47.6 Å². The van der Waals surface area contributed by atoms with Crippen molar-refractivity contribution in [2.45, 2.75) is 36.1 Å². The molecule has 9 nitrogen and oxygen atoms in total. The Hall–Kier alpha value is -3.90. The number of methoxy groups -OCH3 is 1. The maximum Gasteiger partial charge on any atom is 0.311 e. The number of thioether (sulfide) groups is 1. The third kappa shape index (κ3) is 5.06. The van der Waals surface area contributed by atoms with Crippen LogP contribution < -0.4 is 20.5 Å². The lowest BCUT2D eigenvalue weighted by molar-refractivity contribution is -0.0440. The molecule has 1 aliphatic carbocycles. The number of nitrogens with one attached hydrogen (secondary N) is 2. The van der Waals surface area contributed by atoms with Gasteiger partial charge in [-0.2, -0.15) is 4.98 Å². The van der Waals surface area contributed by atoms with E-state index in [4.69, 9.17) is 14.5 Å². The number of aromatic nitrogens is 3. The molecule has 1 aliphatic heterocycles. The van der Waals surface area contributed by atoms with Crippen molar-refractivity contribution < 1.29 is 14.6 Å². The maximum atomic E-state index is 13.4. The van der Waals surface area contributed by atoms with Crippen molar-refractivity contribution in [3.8, 4) is 5.75 Å². The Balaban J connectivity index is 1.37. The molecule has 5 aromatic rings. The third-order valence-electron chi connectivity index (χ3n) is 8.08. The average molecular weight is 615 g/mol. The Bertz CT molecular complexity index is 1810. The number of hydrogen-bond acceptors (Lipinski definition) is 9. The SMILES string of the molecule is COc1ccc(C(Nc2nc3c(sc(=O)n3C3CSC(C(O)C4CC4)O3)c(=O)[nH]2)(c2ccccc2)c2ccccc2)cc1. The molecule has 3 atom stereocenters. The van der Waals surface area contributed by atoms with Gasteiger partial charge in [0.1, 0.15) is 27.7 Å². The fraction of sp³-hybridized carbons (Fsp3) is 0.281. The smallest absolute Gasteiger partial charge is 0.311 e. The summed E-state index contributed by atoms with van der Waals surface area (Å²) in [6, 6.07) is 27.6. The van der Waals surface area contributed by atoms with E-state index in [2.05, 4.69) is 10.3 Å². The Kier molecular flexibility index (Phi) is 7.34. The highest BCUT2D eigenvalue weighted by atomic mass is 32.2. The van der Waals surface area contributed by atoms with Crippen LogP contribution in [0.4, 0.5) is 5.95 Å². The lowest BCUT2D eigenvalue weighted by atomic mass is 9.77. The van der Waals surface area contributed by atoms with Gasteiger partial charge in [0.25, 0.3) is 5.56 Å². The summed E-state index contributed by atoms with van der Waals surface area (Å²) in [5.74, 6) is 1.63. The molecule has 7 rings (SSSR count). The summed E-state index contributed by atoms with van der Waals surface area (Å²) < 4.78 is 13.3. The number of benzene rings is 3.